The summed E-state index contributed by atoms with van der Waals surface area (Å²) < 4.78 is 15.7. The number of carboxylic acid groups (broad SMARTS) is 1. The fourth-order valence-corrected chi connectivity index (χ4v) is 1.42. The van der Waals surface area contributed by atoms with Crippen LogP contribution in [0.4, 0.5) is 0 Å². The summed E-state index contributed by atoms with van der Waals surface area (Å²) in [6, 6.07) is 4.38. The minimum Gasteiger partial charge on any atom is -0.491 e. The molecule has 0 bridgehead atoms. The molecule has 1 aliphatic rings. The second-order valence-corrected chi connectivity index (χ2v) is 3.51. The van der Waals surface area contributed by atoms with Gasteiger partial charge in [0.15, 0.2) is 11.5 Å². The first-order valence-electron chi connectivity index (χ1n) is 5.13. The van der Waals surface area contributed by atoms with Gasteiger partial charge in [-0.3, -0.25) is 4.79 Å². The van der Waals surface area contributed by atoms with Crippen molar-refractivity contribution in [2.75, 3.05) is 20.4 Å². The Morgan fingerprint density at radius 1 is 1.53 bits per heavy atom. The van der Waals surface area contributed by atoms with Crippen molar-refractivity contribution in [2.45, 2.75) is 6.04 Å². The van der Waals surface area contributed by atoms with E-state index in [4.69, 9.17) is 19.3 Å². The second kappa shape index (κ2) is 4.92. The largest absolute Gasteiger partial charge is 0.491 e. The van der Waals surface area contributed by atoms with Crippen molar-refractivity contribution < 1.29 is 24.1 Å². The average Bonchev–Trinajstić information content (AvgIpc) is 2.76. The molecule has 2 N–H and O–H groups in total. The highest BCUT2D eigenvalue weighted by Gasteiger charge is 2.17. The highest BCUT2D eigenvalue weighted by Crippen LogP contribution is 2.35. The first-order chi connectivity index (χ1) is 8.20. The number of nitrogens with one attached hydrogen (secondary N) is 1. The standard InChI is InChI=1S/C11H13NO5/c1-12-8(11(13)14)5-15-7-2-3-9-10(4-7)17-6-16-9/h2-4,8,12H,5-6H2,1H3,(H,13,14). The molecule has 6 nitrogen and oxygen atoms in total. The highest BCUT2D eigenvalue weighted by atomic mass is 16.7. The summed E-state index contributed by atoms with van der Waals surface area (Å²) in [6.07, 6.45) is 0. The zero-order chi connectivity index (χ0) is 12.3. The topological polar surface area (TPSA) is 77.0 Å². The Labute approximate surface area is 98.1 Å². The van der Waals surface area contributed by atoms with E-state index in [0.717, 1.165) is 0 Å². The number of rotatable bonds is 5. The van der Waals surface area contributed by atoms with Gasteiger partial charge in [0.25, 0.3) is 0 Å². The van der Waals surface area contributed by atoms with Gasteiger partial charge in [0.1, 0.15) is 18.4 Å². The molecule has 0 radical (unpaired) electrons. The van der Waals surface area contributed by atoms with Gasteiger partial charge in [-0.05, 0) is 19.2 Å². The number of benzene rings is 1. The van der Waals surface area contributed by atoms with E-state index < -0.39 is 12.0 Å². The van der Waals surface area contributed by atoms with Gasteiger partial charge in [-0.15, -0.1) is 0 Å². The summed E-state index contributed by atoms with van der Waals surface area (Å²) in [4.78, 5) is 10.8. The van der Waals surface area contributed by atoms with Gasteiger partial charge in [-0.1, -0.05) is 0 Å². The predicted octanol–water partition coefficient (Wildman–Crippen LogP) is 0.467. The first kappa shape index (κ1) is 11.5. The number of hydrogen-bond acceptors (Lipinski definition) is 5. The molecule has 6 heteroatoms. The van der Waals surface area contributed by atoms with Crippen molar-refractivity contribution in [2.24, 2.45) is 0 Å². The fourth-order valence-electron chi connectivity index (χ4n) is 1.42. The molecule has 92 valence electrons. The third-order valence-electron chi connectivity index (χ3n) is 2.41. The van der Waals surface area contributed by atoms with Gasteiger partial charge in [0.05, 0.1) is 0 Å². The molecule has 1 aromatic rings. The fraction of sp³-hybridized carbons (Fsp3) is 0.364. The smallest absolute Gasteiger partial charge is 0.324 e. The predicted molar refractivity (Wildman–Crippen MR) is 58.5 cm³/mol. The van der Waals surface area contributed by atoms with E-state index in [2.05, 4.69) is 5.32 Å². The van der Waals surface area contributed by atoms with Crippen molar-refractivity contribution in [3.05, 3.63) is 18.2 Å². The Hall–Kier alpha value is -1.95. The van der Waals surface area contributed by atoms with Gasteiger partial charge in [0, 0.05) is 6.07 Å². The molecule has 0 aliphatic carbocycles. The van der Waals surface area contributed by atoms with Crippen LogP contribution in [0.25, 0.3) is 0 Å². The van der Waals surface area contributed by atoms with Gasteiger partial charge in [-0.25, -0.2) is 0 Å². The summed E-state index contributed by atoms with van der Waals surface area (Å²) in [5.74, 6) is 0.878. The molecule has 0 amide bonds. The SMILES string of the molecule is CNC(COc1ccc2c(c1)OCO2)C(=O)O. The molecular formula is C11H13NO5. The molecule has 1 heterocycles. The van der Waals surface area contributed by atoms with Crippen LogP contribution in [0.2, 0.25) is 0 Å². The van der Waals surface area contributed by atoms with Gasteiger partial charge < -0.3 is 24.6 Å². The number of hydrogen-bond donors (Lipinski definition) is 2. The number of aliphatic carboxylic acids is 1. The number of carbonyl (C=O) groups is 1. The first-order valence-corrected chi connectivity index (χ1v) is 5.13. The Morgan fingerprint density at radius 2 is 2.29 bits per heavy atom. The molecule has 2 rings (SSSR count). The zero-order valence-electron chi connectivity index (χ0n) is 9.30. The lowest BCUT2D eigenvalue weighted by molar-refractivity contribution is -0.140. The molecule has 0 saturated heterocycles. The highest BCUT2D eigenvalue weighted by molar-refractivity contribution is 5.73. The monoisotopic (exact) mass is 239 g/mol. The number of likely N-dealkylation sites (N-methyl/N-ethyl adjacent to an activating group) is 1. The van der Waals surface area contributed by atoms with Crippen LogP contribution in [-0.4, -0.2) is 37.6 Å². The quantitative estimate of drug-likeness (QED) is 0.777. The number of fused-ring (bicyclic) bond motifs is 1. The third-order valence-corrected chi connectivity index (χ3v) is 2.41. The maximum Gasteiger partial charge on any atom is 0.324 e. The summed E-state index contributed by atoms with van der Waals surface area (Å²) >= 11 is 0. The minimum atomic E-state index is -0.951. The van der Waals surface area contributed by atoms with E-state index in [1.165, 1.54) is 0 Å². The maximum absolute atomic E-state index is 10.8. The van der Waals surface area contributed by atoms with E-state index >= 15 is 0 Å². The van der Waals surface area contributed by atoms with E-state index in [-0.39, 0.29) is 13.4 Å². The Balaban J connectivity index is 1.97. The van der Waals surface area contributed by atoms with E-state index in [1.807, 2.05) is 0 Å². The molecule has 0 spiro atoms. The maximum atomic E-state index is 10.8. The zero-order valence-corrected chi connectivity index (χ0v) is 9.30. The Bertz CT molecular complexity index is 420. The lowest BCUT2D eigenvalue weighted by atomic mass is 10.3. The van der Waals surface area contributed by atoms with Crippen LogP contribution < -0.4 is 19.5 Å². The molecule has 0 fully saturated rings. The molecular weight excluding hydrogens is 226 g/mol. The molecule has 17 heavy (non-hydrogen) atoms. The van der Waals surface area contributed by atoms with Crippen molar-refractivity contribution in [1.29, 1.82) is 0 Å². The van der Waals surface area contributed by atoms with Gasteiger partial charge in [-0.2, -0.15) is 0 Å². The number of carboxylic acids is 1. The van der Waals surface area contributed by atoms with Crippen LogP contribution in [-0.2, 0) is 4.79 Å². The van der Waals surface area contributed by atoms with E-state index in [1.54, 1.807) is 25.2 Å². The van der Waals surface area contributed by atoms with E-state index in [0.29, 0.717) is 17.2 Å². The molecule has 1 unspecified atom stereocenters. The number of ether oxygens (including phenoxy) is 3. The average molecular weight is 239 g/mol. The second-order valence-electron chi connectivity index (χ2n) is 3.51. The summed E-state index contributed by atoms with van der Waals surface area (Å²) in [5, 5.41) is 11.5. The van der Waals surface area contributed by atoms with Gasteiger partial charge in [0.2, 0.25) is 6.79 Å². The minimum absolute atomic E-state index is 0.0471. The molecule has 1 aromatic carbocycles. The Kier molecular flexibility index (Phi) is 3.34. The summed E-state index contributed by atoms with van der Waals surface area (Å²) in [7, 11) is 1.57. The van der Waals surface area contributed by atoms with Crippen LogP contribution in [0.1, 0.15) is 0 Å². The van der Waals surface area contributed by atoms with Crippen molar-refractivity contribution in [3.63, 3.8) is 0 Å². The third kappa shape index (κ3) is 2.59. The van der Waals surface area contributed by atoms with Crippen LogP contribution in [0, 0.1) is 0 Å². The molecule has 0 saturated carbocycles. The summed E-state index contributed by atoms with van der Waals surface area (Å²) in [5.41, 5.74) is 0. The Morgan fingerprint density at radius 3 is 3.00 bits per heavy atom. The van der Waals surface area contributed by atoms with Crippen molar-refractivity contribution in [3.8, 4) is 17.2 Å². The van der Waals surface area contributed by atoms with Crippen LogP contribution >= 0.6 is 0 Å². The molecule has 1 aliphatic heterocycles. The van der Waals surface area contributed by atoms with Crippen LogP contribution in [0.15, 0.2) is 18.2 Å². The molecule has 1 atom stereocenters. The summed E-state index contributed by atoms with van der Waals surface area (Å²) in [6.45, 7) is 0.249. The normalized spacial score (nSPS) is 14.4. The lowest BCUT2D eigenvalue weighted by Crippen LogP contribution is -2.39. The van der Waals surface area contributed by atoms with E-state index in [9.17, 15) is 4.79 Å². The van der Waals surface area contributed by atoms with Crippen molar-refractivity contribution >= 4 is 5.97 Å². The van der Waals surface area contributed by atoms with Crippen molar-refractivity contribution in [1.82, 2.24) is 5.32 Å². The lowest BCUT2D eigenvalue weighted by Gasteiger charge is -2.12. The van der Waals surface area contributed by atoms with Gasteiger partial charge >= 0.3 is 5.97 Å². The van der Waals surface area contributed by atoms with Crippen LogP contribution in [0.3, 0.4) is 0 Å². The van der Waals surface area contributed by atoms with Crippen LogP contribution in [0.5, 0.6) is 17.2 Å². The molecule has 0 aromatic heterocycles.